The van der Waals surface area contributed by atoms with Crippen molar-refractivity contribution in [3.05, 3.63) is 47.9 Å². The minimum atomic E-state index is -0.614. The third-order valence-corrected chi connectivity index (χ3v) is 4.44. The van der Waals surface area contributed by atoms with Crippen LogP contribution in [0.15, 0.2) is 41.0 Å². The first kappa shape index (κ1) is 18.2. The molecule has 1 aromatic carbocycles. The fourth-order valence-corrected chi connectivity index (χ4v) is 3.07. The molecule has 2 N–H and O–H groups in total. The van der Waals surface area contributed by atoms with Gasteiger partial charge in [-0.15, -0.1) is 12.4 Å². The molecule has 0 aliphatic carbocycles. The Hall–Kier alpha value is -2.11. The van der Waals surface area contributed by atoms with E-state index in [1.165, 1.54) is 6.26 Å². The SMILES string of the molecule is CN1CCC(C(=O)c2cccc(-c3ccoc3C(N)=O)c2)CC1.Cl. The van der Waals surface area contributed by atoms with E-state index in [-0.39, 0.29) is 29.9 Å². The summed E-state index contributed by atoms with van der Waals surface area (Å²) in [5.41, 5.74) is 7.39. The van der Waals surface area contributed by atoms with Gasteiger partial charge >= 0.3 is 0 Å². The van der Waals surface area contributed by atoms with Gasteiger partial charge in [-0.1, -0.05) is 18.2 Å². The molecule has 0 spiro atoms. The van der Waals surface area contributed by atoms with Crippen LogP contribution in [0.3, 0.4) is 0 Å². The lowest BCUT2D eigenvalue weighted by molar-refractivity contribution is 0.0856. The number of nitrogens with zero attached hydrogens (tertiary/aromatic N) is 1. The highest BCUT2D eigenvalue weighted by Crippen LogP contribution is 2.27. The van der Waals surface area contributed by atoms with Gasteiger partial charge in [0.25, 0.3) is 5.91 Å². The summed E-state index contributed by atoms with van der Waals surface area (Å²) >= 11 is 0. The standard InChI is InChI=1S/C18H20N2O3.ClH/c1-20-8-5-12(6-9-20)16(21)14-4-2-3-13(11-14)15-7-10-23-17(15)18(19)22;/h2-4,7,10-12H,5-6,8-9H2,1H3,(H2,19,22);1H. The van der Waals surface area contributed by atoms with E-state index >= 15 is 0 Å². The van der Waals surface area contributed by atoms with Crippen LogP contribution in [-0.4, -0.2) is 36.7 Å². The molecule has 1 fully saturated rings. The number of carbonyl (C=O) groups is 2. The van der Waals surface area contributed by atoms with Crippen LogP contribution >= 0.6 is 12.4 Å². The van der Waals surface area contributed by atoms with Gasteiger partial charge in [0.2, 0.25) is 0 Å². The minimum Gasteiger partial charge on any atom is -0.459 e. The predicted octanol–water partition coefficient (Wildman–Crippen LogP) is 2.99. The average Bonchev–Trinajstić information content (AvgIpc) is 3.05. The summed E-state index contributed by atoms with van der Waals surface area (Å²) in [7, 11) is 2.07. The summed E-state index contributed by atoms with van der Waals surface area (Å²) in [6.45, 7) is 1.90. The molecule has 1 aliphatic heterocycles. The summed E-state index contributed by atoms with van der Waals surface area (Å²) < 4.78 is 5.14. The van der Waals surface area contributed by atoms with E-state index in [2.05, 4.69) is 11.9 Å². The highest BCUT2D eigenvalue weighted by atomic mass is 35.5. The van der Waals surface area contributed by atoms with Crippen LogP contribution in [0, 0.1) is 5.92 Å². The van der Waals surface area contributed by atoms with E-state index in [0.29, 0.717) is 11.1 Å². The number of hydrogen-bond acceptors (Lipinski definition) is 4. The molecule has 1 amide bonds. The number of halogens is 1. The molecule has 128 valence electrons. The second-order valence-corrected chi connectivity index (χ2v) is 6.05. The van der Waals surface area contributed by atoms with E-state index in [4.69, 9.17) is 10.2 Å². The molecule has 0 bridgehead atoms. The second-order valence-electron chi connectivity index (χ2n) is 6.05. The fraction of sp³-hybridized carbons (Fsp3) is 0.333. The highest BCUT2D eigenvalue weighted by Gasteiger charge is 2.25. The third kappa shape index (κ3) is 3.68. The van der Waals surface area contributed by atoms with Crippen molar-refractivity contribution in [2.24, 2.45) is 11.7 Å². The van der Waals surface area contributed by atoms with E-state index in [0.717, 1.165) is 31.5 Å². The zero-order chi connectivity index (χ0) is 16.4. The first-order valence-corrected chi connectivity index (χ1v) is 7.76. The van der Waals surface area contributed by atoms with Gasteiger partial charge in [-0.3, -0.25) is 9.59 Å². The van der Waals surface area contributed by atoms with Crippen LogP contribution in [0.2, 0.25) is 0 Å². The third-order valence-electron chi connectivity index (χ3n) is 4.44. The Morgan fingerprint density at radius 2 is 1.92 bits per heavy atom. The molecule has 0 unspecified atom stereocenters. The Morgan fingerprint density at radius 1 is 1.21 bits per heavy atom. The molecule has 2 aromatic rings. The van der Waals surface area contributed by atoms with Crippen molar-refractivity contribution in [3.8, 4) is 11.1 Å². The average molecular weight is 349 g/mol. The van der Waals surface area contributed by atoms with E-state index in [9.17, 15) is 9.59 Å². The molecule has 1 aliphatic rings. The predicted molar refractivity (Wildman–Crippen MR) is 94.5 cm³/mol. The number of furan rings is 1. The van der Waals surface area contributed by atoms with Crippen LogP contribution in [0.5, 0.6) is 0 Å². The maximum Gasteiger partial charge on any atom is 0.285 e. The number of hydrogen-bond donors (Lipinski definition) is 1. The molecule has 1 saturated heterocycles. The van der Waals surface area contributed by atoms with Gasteiger partial charge in [-0.2, -0.15) is 0 Å². The molecule has 3 rings (SSSR count). The maximum absolute atomic E-state index is 12.7. The van der Waals surface area contributed by atoms with Crippen molar-refractivity contribution in [2.45, 2.75) is 12.8 Å². The zero-order valence-corrected chi connectivity index (χ0v) is 14.3. The van der Waals surface area contributed by atoms with Crippen molar-refractivity contribution < 1.29 is 14.0 Å². The molecule has 5 nitrogen and oxygen atoms in total. The Morgan fingerprint density at radius 3 is 2.58 bits per heavy atom. The van der Waals surface area contributed by atoms with E-state index < -0.39 is 5.91 Å². The smallest absolute Gasteiger partial charge is 0.285 e. The van der Waals surface area contributed by atoms with Gasteiger partial charge in [-0.25, -0.2) is 0 Å². The van der Waals surface area contributed by atoms with Crippen molar-refractivity contribution in [2.75, 3.05) is 20.1 Å². The van der Waals surface area contributed by atoms with Crippen molar-refractivity contribution >= 4 is 24.1 Å². The first-order valence-electron chi connectivity index (χ1n) is 7.76. The molecule has 0 radical (unpaired) electrons. The lowest BCUT2D eigenvalue weighted by Gasteiger charge is -2.28. The monoisotopic (exact) mass is 348 g/mol. The summed E-state index contributed by atoms with van der Waals surface area (Å²) in [6, 6.07) is 9.02. The number of primary amides is 1. The van der Waals surface area contributed by atoms with Gasteiger partial charge in [0.1, 0.15) is 0 Å². The molecular formula is C18H21ClN2O3. The van der Waals surface area contributed by atoms with Gasteiger partial charge < -0.3 is 15.1 Å². The molecular weight excluding hydrogens is 328 g/mol. The Kier molecular flexibility index (Phi) is 5.80. The maximum atomic E-state index is 12.7. The number of amides is 1. The topological polar surface area (TPSA) is 76.5 Å². The highest BCUT2D eigenvalue weighted by molar-refractivity contribution is 6.01. The number of carbonyl (C=O) groups excluding carboxylic acids is 2. The number of rotatable bonds is 4. The van der Waals surface area contributed by atoms with Gasteiger partial charge in [-0.05, 0) is 50.7 Å². The lowest BCUT2D eigenvalue weighted by Crippen LogP contribution is -2.33. The summed E-state index contributed by atoms with van der Waals surface area (Å²) in [4.78, 5) is 26.4. The first-order chi connectivity index (χ1) is 11.1. The minimum absolute atomic E-state index is 0. The number of ketones is 1. The number of piperidine rings is 1. The fourth-order valence-electron chi connectivity index (χ4n) is 3.07. The number of Topliss-reactive ketones (excluding diaryl/α,β-unsaturated/α-hetero) is 1. The van der Waals surface area contributed by atoms with Crippen LogP contribution in [0.1, 0.15) is 33.8 Å². The molecule has 2 heterocycles. The number of nitrogens with two attached hydrogens (primary N) is 1. The molecule has 24 heavy (non-hydrogen) atoms. The quantitative estimate of drug-likeness (QED) is 0.862. The van der Waals surface area contributed by atoms with Crippen LogP contribution < -0.4 is 5.73 Å². The van der Waals surface area contributed by atoms with Gasteiger partial charge in [0, 0.05) is 17.0 Å². The second kappa shape index (κ2) is 7.64. The van der Waals surface area contributed by atoms with E-state index in [1.807, 2.05) is 24.3 Å². The van der Waals surface area contributed by atoms with Crippen LogP contribution in [0.4, 0.5) is 0 Å². The van der Waals surface area contributed by atoms with Crippen LogP contribution in [-0.2, 0) is 0 Å². The normalized spacial score (nSPS) is 15.7. The van der Waals surface area contributed by atoms with Crippen molar-refractivity contribution in [1.29, 1.82) is 0 Å². The van der Waals surface area contributed by atoms with Crippen molar-refractivity contribution in [1.82, 2.24) is 4.90 Å². The lowest BCUT2D eigenvalue weighted by atomic mass is 9.88. The summed E-state index contributed by atoms with van der Waals surface area (Å²) in [5.74, 6) is -0.253. The van der Waals surface area contributed by atoms with E-state index in [1.54, 1.807) is 6.07 Å². The van der Waals surface area contributed by atoms with Crippen molar-refractivity contribution in [3.63, 3.8) is 0 Å². The van der Waals surface area contributed by atoms with Crippen LogP contribution in [0.25, 0.3) is 11.1 Å². The molecule has 0 atom stereocenters. The molecule has 0 saturated carbocycles. The Labute approximate surface area is 147 Å². The zero-order valence-electron chi connectivity index (χ0n) is 13.5. The summed E-state index contributed by atoms with van der Waals surface area (Å²) in [6.07, 6.45) is 3.20. The summed E-state index contributed by atoms with van der Waals surface area (Å²) in [5, 5.41) is 0. The van der Waals surface area contributed by atoms with Gasteiger partial charge in [0.05, 0.1) is 6.26 Å². The molecule has 1 aromatic heterocycles. The Balaban J connectivity index is 0.00000208. The number of likely N-dealkylation sites (tertiary alicyclic amines) is 1. The number of benzene rings is 1. The largest absolute Gasteiger partial charge is 0.459 e. The van der Waals surface area contributed by atoms with Gasteiger partial charge in [0.15, 0.2) is 11.5 Å². The molecule has 6 heteroatoms. The Bertz CT molecular complexity index is 733.